The minimum Gasteiger partial charge on any atom is -0.323 e. The maximum absolute atomic E-state index is 6.68. The average Bonchev–Trinajstić information content (AvgIpc) is 2.68. The van der Waals surface area contributed by atoms with Crippen LogP contribution in [0.15, 0.2) is 24.3 Å². The quantitative estimate of drug-likeness (QED) is 0.835. The maximum atomic E-state index is 6.68. The zero-order chi connectivity index (χ0) is 14.9. The molecule has 0 aromatic heterocycles. The Morgan fingerprint density at radius 1 is 1.24 bits per heavy atom. The molecule has 0 radical (unpaired) electrons. The summed E-state index contributed by atoms with van der Waals surface area (Å²) in [4.78, 5) is 2.68. The molecule has 3 rings (SSSR count). The van der Waals surface area contributed by atoms with E-state index >= 15 is 0 Å². The number of likely N-dealkylation sites (tertiary alicyclic amines) is 1. The van der Waals surface area contributed by atoms with E-state index in [1.54, 1.807) is 0 Å². The molecule has 1 fully saturated rings. The fraction of sp³-hybridized carbons (Fsp3) is 0.684. The molecule has 0 saturated carbocycles. The van der Waals surface area contributed by atoms with E-state index in [4.69, 9.17) is 5.73 Å². The van der Waals surface area contributed by atoms with Crippen molar-refractivity contribution in [2.24, 2.45) is 11.1 Å². The third-order valence-corrected chi connectivity index (χ3v) is 6.10. The average molecular weight is 286 g/mol. The van der Waals surface area contributed by atoms with Gasteiger partial charge in [0.25, 0.3) is 0 Å². The van der Waals surface area contributed by atoms with Crippen LogP contribution < -0.4 is 5.73 Å². The van der Waals surface area contributed by atoms with E-state index in [2.05, 4.69) is 43.0 Å². The predicted molar refractivity (Wildman–Crippen MR) is 89.3 cm³/mol. The predicted octanol–water partition coefficient (Wildman–Crippen LogP) is 3.90. The molecule has 2 atom stereocenters. The normalized spacial score (nSPS) is 29.7. The molecule has 116 valence electrons. The lowest BCUT2D eigenvalue weighted by atomic mass is 9.77. The topological polar surface area (TPSA) is 29.3 Å². The van der Waals surface area contributed by atoms with Gasteiger partial charge in [-0.15, -0.1) is 0 Å². The van der Waals surface area contributed by atoms with E-state index in [1.807, 2.05) is 0 Å². The van der Waals surface area contributed by atoms with Gasteiger partial charge in [-0.2, -0.15) is 0 Å². The highest BCUT2D eigenvalue weighted by Crippen LogP contribution is 2.37. The Kier molecular flexibility index (Phi) is 4.37. The lowest BCUT2D eigenvalue weighted by Gasteiger charge is -2.44. The number of fused-ring (bicyclic) bond motifs is 1. The van der Waals surface area contributed by atoms with Gasteiger partial charge in [-0.25, -0.2) is 0 Å². The summed E-state index contributed by atoms with van der Waals surface area (Å²) < 4.78 is 0. The largest absolute Gasteiger partial charge is 0.323 e. The molecule has 1 aliphatic heterocycles. The van der Waals surface area contributed by atoms with E-state index in [9.17, 15) is 0 Å². The van der Waals surface area contributed by atoms with Crippen molar-refractivity contribution >= 4 is 0 Å². The molecule has 1 aromatic rings. The van der Waals surface area contributed by atoms with Crippen LogP contribution in [-0.2, 0) is 6.42 Å². The number of benzene rings is 1. The summed E-state index contributed by atoms with van der Waals surface area (Å²) >= 11 is 0. The van der Waals surface area contributed by atoms with E-state index < -0.39 is 0 Å². The number of aryl methyl sites for hydroxylation is 1. The summed E-state index contributed by atoms with van der Waals surface area (Å²) in [5, 5.41) is 0. The van der Waals surface area contributed by atoms with Crippen molar-refractivity contribution in [1.29, 1.82) is 0 Å². The maximum Gasteiger partial charge on any atom is 0.0455 e. The molecule has 0 bridgehead atoms. The molecule has 0 amide bonds. The molecule has 1 aliphatic carbocycles. The Labute approximate surface area is 129 Å². The molecule has 2 unspecified atom stereocenters. The van der Waals surface area contributed by atoms with Crippen molar-refractivity contribution in [2.45, 2.75) is 64.5 Å². The zero-order valence-corrected chi connectivity index (χ0v) is 13.6. The molecule has 2 N–H and O–H groups in total. The molecule has 2 heteroatoms. The summed E-state index contributed by atoms with van der Waals surface area (Å²) in [6.07, 6.45) is 7.68. The van der Waals surface area contributed by atoms with Gasteiger partial charge in [0.1, 0.15) is 0 Å². The van der Waals surface area contributed by atoms with Crippen molar-refractivity contribution in [3.05, 3.63) is 35.4 Å². The van der Waals surface area contributed by atoms with Crippen LogP contribution in [0.2, 0.25) is 0 Å². The molecular weight excluding hydrogens is 256 g/mol. The van der Waals surface area contributed by atoms with E-state index in [0.29, 0.717) is 11.5 Å². The van der Waals surface area contributed by atoms with Crippen molar-refractivity contribution in [3.8, 4) is 0 Å². The Balaban J connectivity index is 1.75. The van der Waals surface area contributed by atoms with Gasteiger partial charge in [0.2, 0.25) is 0 Å². The number of hydrogen-bond acceptors (Lipinski definition) is 2. The molecule has 0 spiro atoms. The van der Waals surface area contributed by atoms with Crippen molar-refractivity contribution in [3.63, 3.8) is 0 Å². The Bertz CT molecular complexity index is 474. The smallest absolute Gasteiger partial charge is 0.0455 e. The summed E-state index contributed by atoms with van der Waals surface area (Å²) in [5.41, 5.74) is 10.1. The number of nitrogens with zero attached hydrogens (tertiary/aromatic N) is 1. The van der Waals surface area contributed by atoms with Crippen LogP contribution in [-0.4, -0.2) is 24.0 Å². The van der Waals surface area contributed by atoms with Crippen molar-refractivity contribution in [2.75, 3.05) is 13.1 Å². The summed E-state index contributed by atoms with van der Waals surface area (Å²) in [7, 11) is 0. The van der Waals surface area contributed by atoms with Gasteiger partial charge in [0.15, 0.2) is 0 Å². The van der Waals surface area contributed by atoms with E-state index in [-0.39, 0.29) is 6.04 Å². The standard InChI is InChI=1S/C19H30N2/c1-3-19(2)11-13-21(14-12-19)17-10-6-8-15-7-4-5-9-16(15)18(17)20/h4-5,7,9,17-18H,3,6,8,10-14,20H2,1-2H3. The van der Waals surface area contributed by atoms with Crippen LogP contribution >= 0.6 is 0 Å². The summed E-state index contributed by atoms with van der Waals surface area (Å²) in [6, 6.07) is 9.54. The van der Waals surface area contributed by atoms with Crippen LogP contribution in [0.25, 0.3) is 0 Å². The number of nitrogens with two attached hydrogens (primary N) is 1. The fourth-order valence-corrected chi connectivity index (χ4v) is 4.13. The molecular formula is C19H30N2. The molecule has 1 heterocycles. The van der Waals surface area contributed by atoms with Crippen LogP contribution in [0.1, 0.15) is 63.1 Å². The minimum absolute atomic E-state index is 0.190. The SMILES string of the molecule is CCC1(C)CCN(C2CCCc3ccccc3C2N)CC1. The second kappa shape index (κ2) is 6.10. The van der Waals surface area contributed by atoms with E-state index in [0.717, 1.165) is 0 Å². The zero-order valence-electron chi connectivity index (χ0n) is 13.6. The molecule has 1 aromatic carbocycles. The van der Waals surface area contributed by atoms with Gasteiger partial charge in [0.05, 0.1) is 0 Å². The first-order valence-electron chi connectivity index (χ1n) is 8.70. The van der Waals surface area contributed by atoms with Gasteiger partial charge in [-0.05, 0) is 61.7 Å². The van der Waals surface area contributed by atoms with Gasteiger partial charge < -0.3 is 5.73 Å². The van der Waals surface area contributed by atoms with Crippen LogP contribution in [0.4, 0.5) is 0 Å². The van der Waals surface area contributed by atoms with Crippen molar-refractivity contribution < 1.29 is 0 Å². The third-order valence-electron chi connectivity index (χ3n) is 6.10. The number of piperidine rings is 1. The second-order valence-corrected chi connectivity index (χ2v) is 7.38. The van der Waals surface area contributed by atoms with Gasteiger partial charge in [-0.3, -0.25) is 4.90 Å². The van der Waals surface area contributed by atoms with Crippen LogP contribution in [0.5, 0.6) is 0 Å². The lowest BCUT2D eigenvalue weighted by molar-refractivity contribution is 0.0669. The number of hydrogen-bond donors (Lipinski definition) is 1. The minimum atomic E-state index is 0.190. The van der Waals surface area contributed by atoms with Gasteiger partial charge >= 0.3 is 0 Å². The molecule has 2 aliphatic rings. The Hall–Kier alpha value is -0.860. The Morgan fingerprint density at radius 3 is 2.67 bits per heavy atom. The highest BCUT2D eigenvalue weighted by atomic mass is 15.2. The third kappa shape index (κ3) is 3.02. The fourth-order valence-electron chi connectivity index (χ4n) is 4.13. The molecule has 2 nitrogen and oxygen atoms in total. The van der Waals surface area contributed by atoms with Crippen LogP contribution in [0.3, 0.4) is 0 Å². The van der Waals surface area contributed by atoms with Crippen LogP contribution in [0, 0.1) is 5.41 Å². The van der Waals surface area contributed by atoms with Gasteiger partial charge in [-0.1, -0.05) is 44.5 Å². The first-order valence-corrected chi connectivity index (χ1v) is 8.70. The second-order valence-electron chi connectivity index (χ2n) is 7.38. The van der Waals surface area contributed by atoms with Gasteiger partial charge in [0, 0.05) is 12.1 Å². The highest BCUT2D eigenvalue weighted by Gasteiger charge is 2.35. The molecule has 21 heavy (non-hydrogen) atoms. The summed E-state index contributed by atoms with van der Waals surface area (Å²) in [6.45, 7) is 7.24. The highest BCUT2D eigenvalue weighted by molar-refractivity contribution is 5.32. The Morgan fingerprint density at radius 2 is 1.95 bits per heavy atom. The summed E-state index contributed by atoms with van der Waals surface area (Å²) in [5.74, 6) is 0. The van der Waals surface area contributed by atoms with Crippen molar-refractivity contribution in [1.82, 2.24) is 4.90 Å². The first-order chi connectivity index (χ1) is 10.1. The van der Waals surface area contributed by atoms with E-state index in [1.165, 1.54) is 62.7 Å². The monoisotopic (exact) mass is 286 g/mol. The first kappa shape index (κ1) is 15.1. The molecule has 1 saturated heterocycles. The lowest BCUT2D eigenvalue weighted by Crippen LogP contribution is -2.48. The number of rotatable bonds is 2.